The molecule has 1 fully saturated rings. The van der Waals surface area contributed by atoms with Gasteiger partial charge in [0.05, 0.1) is 0 Å². The van der Waals surface area contributed by atoms with Crippen LogP contribution in [-0.2, 0) is 21.4 Å². The second kappa shape index (κ2) is 9.13. The van der Waals surface area contributed by atoms with Crippen LogP contribution in [0.15, 0.2) is 82.4 Å². The van der Waals surface area contributed by atoms with Gasteiger partial charge in [-0.05, 0) is 42.0 Å². The average Bonchev–Trinajstić information content (AvgIpc) is 3.50. The van der Waals surface area contributed by atoms with Crippen LogP contribution in [0.1, 0.15) is 12.8 Å². The summed E-state index contributed by atoms with van der Waals surface area (Å²) in [6.07, 6.45) is 1.21. The van der Waals surface area contributed by atoms with Gasteiger partial charge in [-0.1, -0.05) is 54.6 Å². The van der Waals surface area contributed by atoms with E-state index in [1.54, 1.807) is 17.5 Å². The van der Waals surface area contributed by atoms with Crippen molar-refractivity contribution >= 4 is 38.2 Å². The van der Waals surface area contributed by atoms with Crippen molar-refractivity contribution < 1.29 is 13.2 Å². The largest absolute Gasteiger partial charge is 0.341 e. The highest BCUT2D eigenvalue weighted by molar-refractivity contribution is 7.91. The van der Waals surface area contributed by atoms with Crippen molar-refractivity contribution in [3.63, 3.8) is 0 Å². The molecule has 2 aromatic carbocycles. The minimum absolute atomic E-state index is 0.0492. The van der Waals surface area contributed by atoms with E-state index in [1.165, 1.54) is 11.3 Å². The molecule has 1 aliphatic heterocycles. The van der Waals surface area contributed by atoms with Crippen molar-refractivity contribution in [1.29, 1.82) is 0 Å². The van der Waals surface area contributed by atoms with Gasteiger partial charge in [-0.15, -0.1) is 11.3 Å². The number of benzene rings is 2. The highest BCUT2D eigenvalue weighted by atomic mass is 32.2. The lowest BCUT2D eigenvalue weighted by Gasteiger charge is -2.32. The Morgan fingerprint density at radius 2 is 1.70 bits per heavy atom. The van der Waals surface area contributed by atoms with Crippen LogP contribution in [0.2, 0.25) is 0 Å². The lowest BCUT2D eigenvalue weighted by Crippen LogP contribution is -2.47. The van der Waals surface area contributed by atoms with Crippen molar-refractivity contribution in [2.75, 3.05) is 13.1 Å². The Morgan fingerprint density at radius 3 is 2.42 bits per heavy atom. The molecular weight excluding hydrogens is 454 g/mol. The Bertz CT molecular complexity index is 1350. The van der Waals surface area contributed by atoms with Crippen molar-refractivity contribution in [1.82, 2.24) is 14.2 Å². The molecule has 1 amide bonds. The number of likely N-dealkylation sites (tertiary alicyclic amines) is 1. The fourth-order valence-electron chi connectivity index (χ4n) is 4.40. The topological polar surface area (TPSA) is 71.4 Å². The Kier molecular flexibility index (Phi) is 6.05. The molecule has 170 valence electrons. The van der Waals surface area contributed by atoms with Crippen LogP contribution in [-0.4, -0.2) is 42.9 Å². The summed E-state index contributed by atoms with van der Waals surface area (Å²) in [4.78, 5) is 15.1. The molecule has 33 heavy (non-hydrogen) atoms. The van der Waals surface area contributed by atoms with E-state index in [9.17, 15) is 13.2 Å². The summed E-state index contributed by atoms with van der Waals surface area (Å²) < 4.78 is 30.2. The summed E-state index contributed by atoms with van der Waals surface area (Å²) in [5, 5.41) is 2.86. The lowest BCUT2D eigenvalue weighted by molar-refractivity contribution is -0.132. The van der Waals surface area contributed by atoms with E-state index in [4.69, 9.17) is 0 Å². The van der Waals surface area contributed by atoms with Crippen LogP contribution < -0.4 is 4.72 Å². The fraction of sp³-hybridized carbons (Fsp3) is 0.240. The summed E-state index contributed by atoms with van der Waals surface area (Å²) in [6, 6.07) is 23.5. The molecule has 1 saturated heterocycles. The molecule has 0 atom stereocenters. The molecule has 5 rings (SSSR count). The van der Waals surface area contributed by atoms with E-state index >= 15 is 0 Å². The number of nitrogens with one attached hydrogen (secondary N) is 1. The summed E-state index contributed by atoms with van der Waals surface area (Å²) >= 11 is 1.21. The Morgan fingerprint density at radius 1 is 0.970 bits per heavy atom. The quantitative estimate of drug-likeness (QED) is 0.447. The number of carbonyl (C=O) groups is 1. The van der Waals surface area contributed by atoms with Crippen LogP contribution in [0.5, 0.6) is 0 Å². The summed E-state index contributed by atoms with van der Waals surface area (Å²) in [7, 11) is -3.49. The number of amides is 1. The molecule has 0 radical (unpaired) electrons. The van der Waals surface area contributed by atoms with Gasteiger partial charge in [0.1, 0.15) is 10.8 Å². The van der Waals surface area contributed by atoms with E-state index < -0.39 is 10.0 Å². The molecule has 0 aliphatic carbocycles. The minimum atomic E-state index is -3.49. The number of sulfonamides is 1. The maximum absolute atomic E-state index is 13.2. The molecule has 0 saturated carbocycles. The number of carbonyl (C=O) groups excluding carboxylic acids is 1. The number of hydrogen-bond donors (Lipinski definition) is 1. The van der Waals surface area contributed by atoms with E-state index in [-0.39, 0.29) is 18.5 Å². The van der Waals surface area contributed by atoms with E-state index in [1.807, 2.05) is 41.3 Å². The molecule has 1 aliphatic rings. The zero-order chi connectivity index (χ0) is 22.8. The first-order valence-electron chi connectivity index (χ1n) is 11.0. The van der Waals surface area contributed by atoms with Gasteiger partial charge in [0.25, 0.3) is 0 Å². The molecule has 1 N–H and O–H groups in total. The van der Waals surface area contributed by atoms with Crippen molar-refractivity contribution in [2.45, 2.75) is 29.6 Å². The standard InChI is InChI=1S/C25H25N3O3S2/c29-24(27-14-12-21(13-15-27)26-33(30,31)25-11-6-16-32-25)18-28-22-10-5-4-9-20(22)17-23(28)19-7-2-1-3-8-19/h1-11,16-17,21,26H,12-15,18H2. The second-order valence-electron chi connectivity index (χ2n) is 8.25. The van der Waals surface area contributed by atoms with Crippen LogP contribution in [0.4, 0.5) is 0 Å². The van der Waals surface area contributed by atoms with Crippen LogP contribution >= 0.6 is 11.3 Å². The average molecular weight is 480 g/mol. The molecule has 0 unspecified atom stereocenters. The van der Waals surface area contributed by atoms with E-state index in [0.717, 1.165) is 22.2 Å². The summed E-state index contributed by atoms with van der Waals surface area (Å²) in [5.74, 6) is 0.0492. The van der Waals surface area contributed by atoms with Gasteiger partial charge in [-0.2, -0.15) is 0 Å². The van der Waals surface area contributed by atoms with Crippen LogP contribution in [0.25, 0.3) is 22.2 Å². The first-order valence-corrected chi connectivity index (χ1v) is 13.3. The highest BCUT2D eigenvalue weighted by Crippen LogP contribution is 2.28. The predicted octanol–water partition coefficient (Wildman–Crippen LogP) is 4.34. The van der Waals surface area contributed by atoms with Gasteiger partial charge in [-0.3, -0.25) is 4.79 Å². The van der Waals surface area contributed by atoms with Crippen LogP contribution in [0, 0.1) is 0 Å². The van der Waals surface area contributed by atoms with Gasteiger partial charge in [-0.25, -0.2) is 13.1 Å². The van der Waals surface area contributed by atoms with Gasteiger partial charge < -0.3 is 9.47 Å². The number of aromatic nitrogens is 1. The smallest absolute Gasteiger partial charge is 0.250 e. The Hall–Kier alpha value is -2.94. The molecule has 6 nitrogen and oxygen atoms in total. The highest BCUT2D eigenvalue weighted by Gasteiger charge is 2.27. The Balaban J connectivity index is 1.29. The predicted molar refractivity (Wildman–Crippen MR) is 132 cm³/mol. The number of fused-ring (bicyclic) bond motifs is 1. The monoisotopic (exact) mass is 479 g/mol. The molecule has 0 spiro atoms. The minimum Gasteiger partial charge on any atom is -0.341 e. The zero-order valence-corrected chi connectivity index (χ0v) is 19.7. The molecule has 3 heterocycles. The molecule has 8 heteroatoms. The van der Waals surface area contributed by atoms with Crippen molar-refractivity contribution in [2.24, 2.45) is 0 Å². The van der Waals surface area contributed by atoms with Gasteiger partial charge in [0, 0.05) is 35.7 Å². The maximum atomic E-state index is 13.2. The van der Waals surface area contributed by atoms with Gasteiger partial charge in [0.15, 0.2) is 0 Å². The first kappa shape index (κ1) is 21.9. The van der Waals surface area contributed by atoms with Gasteiger partial charge >= 0.3 is 0 Å². The molecule has 4 aromatic rings. The van der Waals surface area contributed by atoms with E-state index in [2.05, 4.69) is 33.6 Å². The van der Waals surface area contributed by atoms with Crippen molar-refractivity contribution in [3.8, 4) is 11.3 Å². The van der Waals surface area contributed by atoms with Crippen molar-refractivity contribution in [3.05, 3.63) is 78.2 Å². The Labute approximate surface area is 197 Å². The molecule has 0 bridgehead atoms. The number of rotatable bonds is 6. The molecular formula is C25H25N3O3S2. The first-order chi connectivity index (χ1) is 16.0. The normalized spacial score (nSPS) is 15.2. The third-order valence-electron chi connectivity index (χ3n) is 6.10. The summed E-state index contributed by atoms with van der Waals surface area (Å²) in [5.41, 5.74) is 3.12. The lowest BCUT2D eigenvalue weighted by atomic mass is 10.1. The fourth-order valence-corrected chi connectivity index (χ4v) is 6.72. The number of thiophene rings is 1. The van der Waals surface area contributed by atoms with Gasteiger partial charge in [0.2, 0.25) is 15.9 Å². The molecule has 2 aromatic heterocycles. The SMILES string of the molecule is O=C(Cn1c(-c2ccccc2)cc2ccccc21)N1CCC(NS(=O)(=O)c2cccs2)CC1. The van der Waals surface area contributed by atoms with E-state index in [0.29, 0.717) is 30.1 Å². The maximum Gasteiger partial charge on any atom is 0.250 e. The number of hydrogen-bond acceptors (Lipinski definition) is 4. The number of piperidine rings is 1. The number of para-hydroxylation sites is 1. The third-order valence-corrected chi connectivity index (χ3v) is 9.02. The third kappa shape index (κ3) is 4.59. The number of nitrogens with zero attached hydrogens (tertiary/aromatic N) is 2. The van der Waals surface area contributed by atoms with Crippen LogP contribution in [0.3, 0.4) is 0 Å². The second-order valence-corrected chi connectivity index (χ2v) is 11.1. The summed E-state index contributed by atoms with van der Waals surface area (Å²) in [6.45, 7) is 1.33. The zero-order valence-electron chi connectivity index (χ0n) is 18.1.